The van der Waals surface area contributed by atoms with E-state index in [1.165, 1.54) is 43.0 Å². The van der Waals surface area contributed by atoms with Crippen LogP contribution in [0.5, 0.6) is 5.88 Å². The summed E-state index contributed by atoms with van der Waals surface area (Å²) in [6.07, 6.45) is 1.86. The van der Waals surface area contributed by atoms with E-state index in [2.05, 4.69) is 25.3 Å². The number of anilines is 3. The molecule has 2 aromatic heterocycles. The Hall–Kier alpha value is -4.07. The van der Waals surface area contributed by atoms with Crippen molar-refractivity contribution in [1.29, 1.82) is 0 Å². The lowest BCUT2D eigenvalue weighted by Gasteiger charge is -2.12. The summed E-state index contributed by atoms with van der Waals surface area (Å²) in [6.45, 7) is 2.00. The highest BCUT2D eigenvalue weighted by atomic mass is 32.2. The molecule has 13 heteroatoms. The Morgan fingerprint density at radius 2 is 1.77 bits per heavy atom. The number of hydrogen-bond acceptors (Lipinski definition) is 9. The molecule has 39 heavy (non-hydrogen) atoms. The van der Waals surface area contributed by atoms with Gasteiger partial charge in [-0.05, 0) is 55.0 Å². The topological polar surface area (TPSA) is 132 Å². The minimum Gasteiger partial charge on any atom is -0.481 e. The number of hydrogen-bond donors (Lipinski definition) is 3. The van der Waals surface area contributed by atoms with Crippen molar-refractivity contribution in [3.63, 3.8) is 0 Å². The Labute approximate surface area is 235 Å². The first kappa shape index (κ1) is 28.0. The zero-order chi connectivity index (χ0) is 27.8. The average Bonchev–Trinajstić information content (AvgIpc) is 3.31. The maximum Gasteiger partial charge on any atom is 0.341 e. The first-order chi connectivity index (χ1) is 18.8. The normalized spacial score (nSPS) is 10.9. The van der Waals surface area contributed by atoms with Crippen LogP contribution in [-0.4, -0.2) is 43.2 Å². The number of sulfonamides is 1. The summed E-state index contributed by atoms with van der Waals surface area (Å²) in [6, 6.07) is 19.1. The summed E-state index contributed by atoms with van der Waals surface area (Å²) in [5, 5.41) is 6.88. The molecule has 4 rings (SSSR count). The summed E-state index contributed by atoms with van der Waals surface area (Å²) >= 11 is 6.87. The van der Waals surface area contributed by atoms with E-state index in [-0.39, 0.29) is 28.3 Å². The summed E-state index contributed by atoms with van der Waals surface area (Å²) in [4.78, 5) is 21.3. The van der Waals surface area contributed by atoms with Gasteiger partial charge in [-0.2, -0.15) is 0 Å². The number of benzene rings is 2. The lowest BCUT2D eigenvalue weighted by Crippen LogP contribution is -2.20. The molecular weight excluding hydrogens is 559 g/mol. The van der Waals surface area contributed by atoms with Gasteiger partial charge in [-0.1, -0.05) is 30.3 Å². The van der Waals surface area contributed by atoms with Crippen LogP contribution in [-0.2, 0) is 21.2 Å². The summed E-state index contributed by atoms with van der Waals surface area (Å²) in [5.74, 6) is -0.136. The number of thiophene rings is 1. The van der Waals surface area contributed by atoms with Gasteiger partial charge in [0.15, 0.2) is 5.11 Å². The molecule has 0 spiro atoms. The lowest BCUT2D eigenvalue weighted by molar-refractivity contribution is 0.0528. The number of carbonyl (C=O) groups is 1. The number of methoxy groups -OCH3 is 1. The van der Waals surface area contributed by atoms with Crippen LogP contribution in [0.25, 0.3) is 0 Å². The molecular formula is C26H25N5O5S3. The van der Waals surface area contributed by atoms with Crippen molar-refractivity contribution in [2.45, 2.75) is 18.2 Å². The molecule has 0 unspecified atom stereocenters. The predicted octanol–water partition coefficient (Wildman–Crippen LogP) is 4.92. The summed E-state index contributed by atoms with van der Waals surface area (Å²) < 4.78 is 38.1. The molecule has 0 aliphatic heterocycles. The first-order valence-corrected chi connectivity index (χ1v) is 14.4. The second kappa shape index (κ2) is 12.7. The number of rotatable bonds is 10. The molecule has 2 aromatic carbocycles. The molecule has 0 aliphatic rings. The maximum absolute atomic E-state index is 12.8. The Bertz CT molecular complexity index is 1560. The molecule has 0 saturated heterocycles. The molecule has 0 bridgehead atoms. The smallest absolute Gasteiger partial charge is 0.341 e. The molecule has 0 radical (unpaired) electrons. The number of thiocarbonyl (C=S) groups is 1. The fraction of sp³-hybridized carbons (Fsp3) is 0.154. The van der Waals surface area contributed by atoms with Crippen molar-refractivity contribution >= 4 is 61.2 Å². The molecule has 0 amide bonds. The Balaban J connectivity index is 1.44. The zero-order valence-corrected chi connectivity index (χ0v) is 23.5. The van der Waals surface area contributed by atoms with Gasteiger partial charge in [-0.3, -0.25) is 4.72 Å². The largest absolute Gasteiger partial charge is 0.481 e. The van der Waals surface area contributed by atoms with Crippen molar-refractivity contribution < 1.29 is 22.7 Å². The second-order valence-corrected chi connectivity index (χ2v) is 11.2. The zero-order valence-electron chi connectivity index (χ0n) is 21.0. The predicted molar refractivity (Wildman–Crippen MR) is 155 cm³/mol. The Kier molecular flexibility index (Phi) is 9.07. The van der Waals surface area contributed by atoms with Gasteiger partial charge in [-0.25, -0.2) is 23.2 Å². The lowest BCUT2D eigenvalue weighted by atomic mass is 10.1. The number of esters is 1. The van der Waals surface area contributed by atoms with E-state index in [1.807, 2.05) is 30.3 Å². The van der Waals surface area contributed by atoms with E-state index in [0.29, 0.717) is 22.7 Å². The molecule has 3 N–H and O–H groups in total. The van der Waals surface area contributed by atoms with Crippen molar-refractivity contribution in [2.24, 2.45) is 0 Å². The van der Waals surface area contributed by atoms with Crippen LogP contribution < -0.4 is 20.1 Å². The quantitative estimate of drug-likeness (QED) is 0.175. The monoisotopic (exact) mass is 583 g/mol. The first-order valence-electron chi connectivity index (χ1n) is 11.7. The van der Waals surface area contributed by atoms with Gasteiger partial charge >= 0.3 is 5.97 Å². The van der Waals surface area contributed by atoms with E-state index in [1.54, 1.807) is 25.1 Å². The van der Waals surface area contributed by atoms with Gasteiger partial charge < -0.3 is 20.1 Å². The summed E-state index contributed by atoms with van der Waals surface area (Å²) in [7, 11) is -2.48. The third-order valence-corrected chi connectivity index (χ3v) is 7.86. The van der Waals surface area contributed by atoms with E-state index >= 15 is 0 Å². The van der Waals surface area contributed by atoms with Crippen LogP contribution in [0.1, 0.15) is 27.7 Å². The molecule has 10 nitrogen and oxygen atoms in total. The van der Waals surface area contributed by atoms with Crippen LogP contribution in [0.4, 0.5) is 16.5 Å². The van der Waals surface area contributed by atoms with Gasteiger partial charge in [-0.15, -0.1) is 11.3 Å². The Morgan fingerprint density at radius 3 is 2.46 bits per heavy atom. The van der Waals surface area contributed by atoms with E-state index in [4.69, 9.17) is 21.7 Å². The SMILES string of the molecule is CCOC(=O)c1cc(Cc2ccccc2)sc1NC(=S)Nc1ccc(S(=O)(=O)Nc2cc(OC)ncn2)cc1. The standard InChI is InChI=1S/C26H25N5O5S3/c1-3-36-25(32)21-14-19(13-17-7-5-4-6-8-17)38-24(21)30-26(37)29-18-9-11-20(12-10-18)39(33,34)31-22-15-23(35-2)28-16-27-22/h4-12,14-16H,3,13H2,1-2H3,(H,27,28,31)(H2,29,30,37). The van der Waals surface area contributed by atoms with Gasteiger partial charge in [0.25, 0.3) is 10.0 Å². The molecule has 202 valence electrons. The molecule has 0 atom stereocenters. The van der Waals surface area contributed by atoms with Gasteiger partial charge in [0, 0.05) is 23.1 Å². The van der Waals surface area contributed by atoms with Crippen molar-refractivity contribution in [3.05, 3.63) is 89.1 Å². The highest BCUT2D eigenvalue weighted by molar-refractivity contribution is 7.92. The van der Waals surface area contributed by atoms with Crippen LogP contribution in [0.2, 0.25) is 0 Å². The van der Waals surface area contributed by atoms with Crippen LogP contribution >= 0.6 is 23.6 Å². The van der Waals surface area contributed by atoms with Crippen molar-refractivity contribution in [3.8, 4) is 5.88 Å². The van der Waals surface area contributed by atoms with E-state index in [9.17, 15) is 13.2 Å². The molecule has 0 saturated carbocycles. The van der Waals surface area contributed by atoms with Crippen molar-refractivity contribution in [1.82, 2.24) is 9.97 Å². The molecule has 4 aromatic rings. The molecule has 0 aliphatic carbocycles. The number of ether oxygens (including phenoxy) is 2. The highest BCUT2D eigenvalue weighted by Gasteiger charge is 2.19. The fourth-order valence-corrected chi connectivity index (χ4v) is 5.83. The van der Waals surface area contributed by atoms with E-state index < -0.39 is 16.0 Å². The summed E-state index contributed by atoms with van der Waals surface area (Å²) in [5.41, 5.74) is 2.06. The number of nitrogens with zero attached hydrogens (tertiary/aromatic N) is 2. The van der Waals surface area contributed by atoms with Crippen LogP contribution in [0, 0.1) is 0 Å². The maximum atomic E-state index is 12.8. The fourth-order valence-electron chi connectivity index (χ4n) is 3.47. The minimum atomic E-state index is -3.90. The number of nitrogens with one attached hydrogen (secondary N) is 3. The second-order valence-electron chi connectivity index (χ2n) is 7.99. The molecule has 2 heterocycles. The minimum absolute atomic E-state index is 0.0258. The van der Waals surface area contributed by atoms with E-state index in [0.717, 1.165) is 10.4 Å². The van der Waals surface area contributed by atoms with Gasteiger partial charge in [0.1, 0.15) is 17.1 Å². The third kappa shape index (κ3) is 7.50. The number of aromatic nitrogens is 2. The van der Waals surface area contributed by atoms with Crippen LogP contribution in [0.15, 0.2) is 78.0 Å². The van der Waals surface area contributed by atoms with Crippen molar-refractivity contribution in [2.75, 3.05) is 29.1 Å². The average molecular weight is 584 g/mol. The number of carbonyl (C=O) groups excluding carboxylic acids is 1. The Morgan fingerprint density at radius 1 is 1.03 bits per heavy atom. The highest BCUT2D eigenvalue weighted by Crippen LogP contribution is 2.31. The van der Waals surface area contributed by atoms with Gasteiger partial charge in [0.2, 0.25) is 5.88 Å². The third-order valence-electron chi connectivity index (χ3n) is 5.24. The molecule has 0 fully saturated rings. The van der Waals surface area contributed by atoms with Gasteiger partial charge in [0.05, 0.1) is 24.2 Å². The van der Waals surface area contributed by atoms with Crippen LogP contribution in [0.3, 0.4) is 0 Å².